The Morgan fingerprint density at radius 1 is 0.926 bits per heavy atom. The van der Waals surface area contributed by atoms with Crippen LogP contribution in [0.5, 0.6) is 0 Å². The summed E-state index contributed by atoms with van der Waals surface area (Å²) in [6.07, 6.45) is 12.4. The summed E-state index contributed by atoms with van der Waals surface area (Å²) in [7, 11) is 0. The maximum Gasteiger partial charge on any atom is 0.330 e. The number of ether oxygens (including phenoxy) is 3. The largest absolute Gasteiger partial charge is 0.463 e. The lowest BCUT2D eigenvalue weighted by molar-refractivity contribution is -0.140. The predicted molar refractivity (Wildman–Crippen MR) is 109 cm³/mol. The van der Waals surface area contributed by atoms with Crippen molar-refractivity contribution in [2.24, 2.45) is 0 Å². The molecule has 6 heteroatoms. The zero-order valence-corrected chi connectivity index (χ0v) is 17.5. The van der Waals surface area contributed by atoms with E-state index in [9.17, 15) is 4.79 Å². The molecule has 6 nitrogen and oxygen atoms in total. The Kier molecular flexibility index (Phi) is 26.2. The number of rotatable bonds is 18. The second-order valence-corrected chi connectivity index (χ2v) is 6.32. The van der Waals surface area contributed by atoms with Gasteiger partial charge < -0.3 is 24.4 Å². The summed E-state index contributed by atoms with van der Waals surface area (Å²) in [5.74, 6) is -0.307. The van der Waals surface area contributed by atoms with Gasteiger partial charge in [0.1, 0.15) is 0 Å². The van der Waals surface area contributed by atoms with E-state index >= 15 is 0 Å². The number of carbonyl (C=O) groups is 1. The maximum absolute atomic E-state index is 10.7. The third-order valence-electron chi connectivity index (χ3n) is 3.71. The highest BCUT2D eigenvalue weighted by Gasteiger charge is 2.02. The molecule has 27 heavy (non-hydrogen) atoms. The molecule has 0 aromatic heterocycles. The summed E-state index contributed by atoms with van der Waals surface area (Å²) in [5, 5.41) is 17.4. The number of aliphatic hydroxyl groups excluding tert-OH is 2. The van der Waals surface area contributed by atoms with Crippen molar-refractivity contribution in [3.05, 3.63) is 12.7 Å². The van der Waals surface area contributed by atoms with Gasteiger partial charge in [0, 0.05) is 12.7 Å². The smallest absolute Gasteiger partial charge is 0.330 e. The summed E-state index contributed by atoms with van der Waals surface area (Å²) in [4.78, 5) is 10.7. The summed E-state index contributed by atoms with van der Waals surface area (Å²) in [5.41, 5.74) is 0. The van der Waals surface area contributed by atoms with Crippen LogP contribution in [-0.2, 0) is 19.0 Å². The normalized spacial score (nSPS) is 11.4. The molecule has 0 aliphatic carbocycles. The molecule has 0 radical (unpaired) electrons. The minimum Gasteiger partial charge on any atom is -0.463 e. The van der Waals surface area contributed by atoms with Gasteiger partial charge in [0.05, 0.1) is 26.4 Å². The fraction of sp³-hybridized carbons (Fsp3) is 0.857. The van der Waals surface area contributed by atoms with Gasteiger partial charge in [-0.3, -0.25) is 0 Å². The molecule has 1 atom stereocenters. The quantitative estimate of drug-likeness (QED) is 0.159. The summed E-state index contributed by atoms with van der Waals surface area (Å²) < 4.78 is 14.7. The summed E-state index contributed by atoms with van der Waals surface area (Å²) in [6, 6.07) is 0. The fourth-order valence-electron chi connectivity index (χ4n) is 2.13. The second kappa shape index (κ2) is 25.1. The molecule has 0 fully saturated rings. The van der Waals surface area contributed by atoms with E-state index in [-0.39, 0.29) is 25.8 Å². The zero-order chi connectivity index (χ0) is 20.6. The molecule has 0 bridgehead atoms. The third kappa shape index (κ3) is 27.4. The van der Waals surface area contributed by atoms with Crippen LogP contribution in [0.2, 0.25) is 0 Å². The number of esters is 1. The SMILES string of the molecule is C=CC(=O)OCCCCCCCCCC.CCCCOC(O)COCCO. The third-order valence-corrected chi connectivity index (χ3v) is 3.71. The van der Waals surface area contributed by atoms with Crippen LogP contribution in [0.1, 0.15) is 78.1 Å². The van der Waals surface area contributed by atoms with Crippen LogP contribution >= 0.6 is 0 Å². The molecule has 162 valence electrons. The Hall–Kier alpha value is -0.950. The van der Waals surface area contributed by atoms with Gasteiger partial charge in [-0.1, -0.05) is 71.8 Å². The predicted octanol–water partition coefficient (Wildman–Crippen LogP) is 3.99. The highest BCUT2D eigenvalue weighted by molar-refractivity contribution is 5.81. The van der Waals surface area contributed by atoms with Crippen molar-refractivity contribution in [3.63, 3.8) is 0 Å². The Balaban J connectivity index is 0. The number of aliphatic hydroxyl groups is 2. The van der Waals surface area contributed by atoms with Crippen molar-refractivity contribution in [1.29, 1.82) is 0 Å². The molecular weight excluding hydrogens is 348 g/mol. The zero-order valence-electron chi connectivity index (χ0n) is 17.5. The van der Waals surface area contributed by atoms with Gasteiger partial charge in [-0.15, -0.1) is 0 Å². The monoisotopic (exact) mass is 390 g/mol. The Morgan fingerprint density at radius 2 is 1.52 bits per heavy atom. The van der Waals surface area contributed by atoms with E-state index < -0.39 is 6.29 Å². The van der Waals surface area contributed by atoms with Gasteiger partial charge >= 0.3 is 5.97 Å². The first-order chi connectivity index (χ1) is 13.1. The van der Waals surface area contributed by atoms with Gasteiger partial charge in [-0.25, -0.2) is 4.79 Å². The standard InChI is InChI=1S/C13H24O2.C8H18O4/c1-3-5-6-7-8-9-10-11-12-15-13(14)4-2;1-2-3-5-12-8(10)7-11-6-4-9/h4H,2-3,5-12H2,1H3;8-10H,2-7H2,1H3. The van der Waals surface area contributed by atoms with Crippen molar-refractivity contribution >= 4 is 5.97 Å². The summed E-state index contributed by atoms with van der Waals surface area (Å²) in [6.45, 7) is 9.07. The van der Waals surface area contributed by atoms with E-state index in [1.54, 1.807) is 0 Å². The number of unbranched alkanes of at least 4 members (excludes halogenated alkanes) is 8. The van der Waals surface area contributed by atoms with Gasteiger partial charge in [-0.05, 0) is 12.8 Å². The van der Waals surface area contributed by atoms with E-state index in [1.165, 1.54) is 44.6 Å². The summed E-state index contributed by atoms with van der Waals surface area (Å²) >= 11 is 0. The minimum absolute atomic E-state index is 0.0261. The highest BCUT2D eigenvalue weighted by Crippen LogP contribution is 2.08. The lowest BCUT2D eigenvalue weighted by atomic mass is 10.1. The molecule has 0 aromatic rings. The van der Waals surface area contributed by atoms with Gasteiger partial charge in [0.25, 0.3) is 0 Å². The van der Waals surface area contributed by atoms with Crippen LogP contribution in [0.4, 0.5) is 0 Å². The molecule has 0 saturated carbocycles. The van der Waals surface area contributed by atoms with Crippen LogP contribution in [-0.4, -0.2) is 55.5 Å². The molecular formula is C21H42O6. The second-order valence-electron chi connectivity index (χ2n) is 6.32. The van der Waals surface area contributed by atoms with E-state index in [4.69, 9.17) is 24.4 Å². The Labute approximate surface area is 165 Å². The van der Waals surface area contributed by atoms with Gasteiger partial charge in [-0.2, -0.15) is 0 Å². The van der Waals surface area contributed by atoms with Crippen LogP contribution in [0.25, 0.3) is 0 Å². The first-order valence-corrected chi connectivity index (χ1v) is 10.4. The molecule has 0 saturated heterocycles. The molecule has 0 aromatic carbocycles. The Bertz CT molecular complexity index is 299. The van der Waals surface area contributed by atoms with Crippen LogP contribution in [0.3, 0.4) is 0 Å². The topological polar surface area (TPSA) is 85.2 Å². The van der Waals surface area contributed by atoms with Crippen molar-refractivity contribution in [3.8, 4) is 0 Å². The Morgan fingerprint density at radius 3 is 2.07 bits per heavy atom. The fourth-order valence-corrected chi connectivity index (χ4v) is 2.13. The van der Waals surface area contributed by atoms with Crippen molar-refractivity contribution in [2.45, 2.75) is 84.3 Å². The van der Waals surface area contributed by atoms with E-state index in [0.29, 0.717) is 13.2 Å². The van der Waals surface area contributed by atoms with E-state index in [0.717, 1.165) is 25.7 Å². The van der Waals surface area contributed by atoms with Crippen molar-refractivity contribution < 1.29 is 29.2 Å². The lowest BCUT2D eigenvalue weighted by Gasteiger charge is -2.11. The number of carbonyl (C=O) groups excluding carboxylic acids is 1. The molecule has 0 heterocycles. The van der Waals surface area contributed by atoms with Crippen LogP contribution in [0.15, 0.2) is 12.7 Å². The van der Waals surface area contributed by atoms with Crippen molar-refractivity contribution in [1.82, 2.24) is 0 Å². The molecule has 0 aliphatic rings. The maximum atomic E-state index is 10.7. The molecule has 2 N–H and O–H groups in total. The van der Waals surface area contributed by atoms with Crippen LogP contribution in [0, 0.1) is 0 Å². The molecule has 0 spiro atoms. The molecule has 0 rings (SSSR count). The van der Waals surface area contributed by atoms with E-state index in [1.807, 2.05) is 0 Å². The average molecular weight is 391 g/mol. The highest BCUT2D eigenvalue weighted by atomic mass is 16.6. The van der Waals surface area contributed by atoms with E-state index in [2.05, 4.69) is 20.4 Å². The van der Waals surface area contributed by atoms with Gasteiger partial charge in [0.15, 0.2) is 6.29 Å². The first-order valence-electron chi connectivity index (χ1n) is 10.4. The minimum atomic E-state index is -0.858. The van der Waals surface area contributed by atoms with Crippen molar-refractivity contribution in [2.75, 3.05) is 33.0 Å². The molecule has 0 aliphatic heterocycles. The van der Waals surface area contributed by atoms with Crippen LogP contribution < -0.4 is 0 Å². The molecule has 1 unspecified atom stereocenters. The first kappa shape index (κ1) is 28.3. The number of hydrogen-bond donors (Lipinski definition) is 2. The number of hydrogen-bond acceptors (Lipinski definition) is 6. The van der Waals surface area contributed by atoms with Gasteiger partial charge in [0.2, 0.25) is 0 Å². The molecule has 0 amide bonds. The lowest BCUT2D eigenvalue weighted by Crippen LogP contribution is -2.20. The average Bonchev–Trinajstić information content (AvgIpc) is 2.67.